The van der Waals surface area contributed by atoms with E-state index in [1.54, 1.807) is 4.90 Å². The van der Waals surface area contributed by atoms with Crippen molar-refractivity contribution >= 4 is 42.7 Å². The van der Waals surface area contributed by atoms with Crippen LogP contribution in [-0.2, 0) is 16.1 Å². The van der Waals surface area contributed by atoms with E-state index in [4.69, 9.17) is 9.47 Å². The lowest BCUT2D eigenvalue weighted by molar-refractivity contribution is 0.00170. The van der Waals surface area contributed by atoms with Crippen LogP contribution in [0, 0.1) is 0 Å². The smallest absolute Gasteiger partial charge is 0.416 e. The molecule has 2 aliphatic rings. The fraction of sp³-hybridized carbons (Fsp3) is 0.250. The van der Waals surface area contributed by atoms with Gasteiger partial charge in [0.2, 0.25) is 0 Å². The van der Waals surface area contributed by atoms with E-state index in [1.165, 1.54) is 0 Å². The van der Waals surface area contributed by atoms with Crippen LogP contribution in [0.25, 0.3) is 0 Å². The normalized spacial score (nSPS) is 24.0. The monoisotopic (exact) mass is 400 g/mol. The zero-order valence-corrected chi connectivity index (χ0v) is 16.5. The van der Waals surface area contributed by atoms with E-state index in [-0.39, 0.29) is 18.8 Å². The number of nitrogens with one attached hydrogen (secondary N) is 1. The number of ether oxygens (including phenoxy) is 2. The van der Waals surface area contributed by atoms with Crippen LogP contribution in [0.5, 0.6) is 0 Å². The molecule has 0 saturated carbocycles. The van der Waals surface area contributed by atoms with E-state index < -0.39 is 12.3 Å². The maximum atomic E-state index is 13.0. The molecular formula is C20H20N2O3S2. The maximum absolute atomic E-state index is 13.0. The van der Waals surface area contributed by atoms with E-state index in [0.717, 1.165) is 21.1 Å². The third kappa shape index (κ3) is 3.42. The van der Waals surface area contributed by atoms with Gasteiger partial charge in [-0.2, -0.15) is 0 Å². The molecule has 0 saturated heterocycles. The number of amides is 1. The largest absolute Gasteiger partial charge is 0.444 e. The Morgan fingerprint density at radius 3 is 2.59 bits per heavy atom. The number of rotatable bonds is 2. The van der Waals surface area contributed by atoms with Crippen LogP contribution < -0.4 is 10.2 Å². The van der Waals surface area contributed by atoms with Gasteiger partial charge in [0.05, 0.1) is 17.5 Å². The number of anilines is 2. The Balaban J connectivity index is 1.65. The molecule has 0 radical (unpaired) electrons. The number of thiol groups is 2. The second-order valence-electron chi connectivity index (χ2n) is 6.49. The minimum atomic E-state index is -0.568. The molecule has 2 aromatic carbocycles. The van der Waals surface area contributed by atoms with Gasteiger partial charge in [-0.1, -0.05) is 42.5 Å². The van der Waals surface area contributed by atoms with Crippen LogP contribution in [0.4, 0.5) is 16.2 Å². The van der Waals surface area contributed by atoms with Gasteiger partial charge in [-0.3, -0.25) is 0 Å². The van der Waals surface area contributed by atoms with Crippen molar-refractivity contribution in [3.63, 3.8) is 0 Å². The van der Waals surface area contributed by atoms with Gasteiger partial charge in [-0.15, -0.1) is 25.3 Å². The zero-order chi connectivity index (χ0) is 19.0. The molecule has 3 atom stereocenters. The first-order valence-corrected chi connectivity index (χ1v) is 9.58. The molecule has 7 heteroatoms. The summed E-state index contributed by atoms with van der Waals surface area (Å²) in [5.41, 5.74) is 2.46. The first kappa shape index (κ1) is 18.3. The van der Waals surface area contributed by atoms with E-state index in [0.29, 0.717) is 5.69 Å². The minimum absolute atomic E-state index is 0.195. The third-order valence-electron chi connectivity index (χ3n) is 4.70. The fourth-order valence-corrected chi connectivity index (χ4v) is 3.88. The second-order valence-corrected chi connectivity index (χ2v) is 7.45. The molecule has 1 N–H and O–H groups in total. The highest BCUT2D eigenvalue weighted by Crippen LogP contribution is 2.42. The first-order valence-electron chi connectivity index (χ1n) is 8.69. The molecule has 1 amide bonds. The highest BCUT2D eigenvalue weighted by Gasteiger charge is 2.44. The Labute approximate surface area is 169 Å². The lowest BCUT2D eigenvalue weighted by Gasteiger charge is -2.46. The maximum Gasteiger partial charge on any atom is 0.416 e. The highest BCUT2D eigenvalue weighted by molar-refractivity contribution is 7.88. The third-order valence-corrected chi connectivity index (χ3v) is 6.00. The number of carbonyl (C=O) groups excluding carboxylic acids is 1. The second kappa shape index (κ2) is 7.50. The van der Waals surface area contributed by atoms with Gasteiger partial charge in [0, 0.05) is 9.81 Å². The summed E-state index contributed by atoms with van der Waals surface area (Å²) in [4.78, 5) is 16.1. The molecule has 27 heavy (non-hydrogen) atoms. The van der Waals surface area contributed by atoms with Gasteiger partial charge in [-0.05, 0) is 24.6 Å². The fourth-order valence-electron chi connectivity index (χ4n) is 3.31. The number of hydrogen-bond donors (Lipinski definition) is 3. The van der Waals surface area contributed by atoms with Crippen LogP contribution in [0.15, 0.2) is 64.4 Å². The number of fused-ring (bicyclic) bond motifs is 2. The van der Waals surface area contributed by atoms with Crippen molar-refractivity contribution in [3.8, 4) is 0 Å². The summed E-state index contributed by atoms with van der Waals surface area (Å²) >= 11 is 9.14. The predicted molar refractivity (Wildman–Crippen MR) is 112 cm³/mol. The van der Waals surface area contributed by atoms with Gasteiger partial charge >= 0.3 is 6.09 Å². The average molecular weight is 401 g/mol. The van der Waals surface area contributed by atoms with Crippen molar-refractivity contribution in [1.29, 1.82) is 0 Å². The summed E-state index contributed by atoms with van der Waals surface area (Å²) in [6.45, 7) is 2.09. The lowest BCUT2D eigenvalue weighted by Crippen LogP contribution is -2.58. The minimum Gasteiger partial charge on any atom is -0.444 e. The molecule has 5 nitrogen and oxygen atoms in total. The first-order chi connectivity index (χ1) is 13.1. The number of benzene rings is 2. The molecule has 0 aromatic heterocycles. The van der Waals surface area contributed by atoms with Gasteiger partial charge < -0.3 is 14.8 Å². The molecule has 0 bridgehead atoms. The van der Waals surface area contributed by atoms with E-state index in [1.807, 2.05) is 61.5 Å². The molecule has 2 aliphatic heterocycles. The summed E-state index contributed by atoms with van der Waals surface area (Å²) in [7, 11) is 0. The predicted octanol–water partition coefficient (Wildman–Crippen LogP) is 4.44. The molecule has 4 rings (SSSR count). The Morgan fingerprint density at radius 2 is 1.81 bits per heavy atom. The van der Waals surface area contributed by atoms with Crippen LogP contribution in [0.2, 0.25) is 0 Å². The number of nitrogens with zero attached hydrogens (tertiary/aromatic N) is 1. The van der Waals surface area contributed by atoms with Gasteiger partial charge in [-0.25, -0.2) is 9.69 Å². The molecular weight excluding hydrogens is 380 g/mol. The van der Waals surface area contributed by atoms with Crippen molar-refractivity contribution in [3.05, 3.63) is 70.0 Å². The van der Waals surface area contributed by atoms with E-state index in [9.17, 15) is 4.79 Å². The summed E-state index contributed by atoms with van der Waals surface area (Å²) < 4.78 is 11.7. The Morgan fingerprint density at radius 1 is 1.11 bits per heavy atom. The lowest BCUT2D eigenvalue weighted by atomic mass is 10.0. The Bertz CT molecular complexity index is 888. The van der Waals surface area contributed by atoms with Crippen LogP contribution in [0.3, 0.4) is 0 Å². The number of para-hydroxylation sites is 2. The van der Waals surface area contributed by atoms with Crippen molar-refractivity contribution in [1.82, 2.24) is 0 Å². The van der Waals surface area contributed by atoms with Crippen molar-refractivity contribution in [2.24, 2.45) is 0 Å². The van der Waals surface area contributed by atoms with Crippen LogP contribution >= 0.6 is 25.3 Å². The van der Waals surface area contributed by atoms with E-state index >= 15 is 0 Å². The number of hydrogen-bond acceptors (Lipinski definition) is 6. The summed E-state index contributed by atoms with van der Waals surface area (Å²) in [6.07, 6.45) is -1.29. The zero-order valence-electron chi connectivity index (χ0n) is 14.7. The topological polar surface area (TPSA) is 50.8 Å². The molecule has 0 aliphatic carbocycles. The molecule has 0 spiro atoms. The van der Waals surface area contributed by atoms with Gasteiger partial charge in [0.25, 0.3) is 0 Å². The van der Waals surface area contributed by atoms with Gasteiger partial charge in [0.1, 0.15) is 12.6 Å². The van der Waals surface area contributed by atoms with Crippen molar-refractivity contribution in [2.75, 3.05) is 10.2 Å². The van der Waals surface area contributed by atoms with E-state index in [2.05, 4.69) is 30.6 Å². The van der Waals surface area contributed by atoms with Crippen LogP contribution in [0.1, 0.15) is 12.5 Å². The summed E-state index contributed by atoms with van der Waals surface area (Å²) in [6, 6.07) is 16.9. The highest BCUT2D eigenvalue weighted by atomic mass is 32.1. The Hall–Kier alpha value is -2.09. The van der Waals surface area contributed by atoms with Crippen molar-refractivity contribution in [2.45, 2.75) is 31.9 Å². The SMILES string of the molecule is C[C@H]1O[C@@H]2[C@@H](Nc3ccccc3N2C(=O)OCc2ccccc2)C(S)=C1S. The molecule has 0 unspecified atom stereocenters. The van der Waals surface area contributed by atoms with Crippen LogP contribution in [-0.4, -0.2) is 24.5 Å². The molecule has 2 heterocycles. The summed E-state index contributed by atoms with van der Waals surface area (Å²) in [5, 5.41) is 3.40. The molecule has 0 fully saturated rings. The van der Waals surface area contributed by atoms with Crippen molar-refractivity contribution < 1.29 is 14.3 Å². The molecule has 140 valence electrons. The quantitative estimate of drug-likeness (QED) is 0.653. The molecule has 2 aromatic rings. The Kier molecular flexibility index (Phi) is 5.08. The standard InChI is InChI=1S/C20H20N2O3S2/c1-12-17(26)18(27)16-19(25-12)22(15-10-6-5-9-14(15)21-16)20(23)24-11-13-7-3-2-4-8-13/h2-10,12,16,19,21,26-27H,11H2,1H3/t12-,16+,19-/m1/s1. The number of carbonyl (C=O) groups is 1. The van der Waals surface area contributed by atoms with Gasteiger partial charge in [0.15, 0.2) is 6.23 Å². The summed E-state index contributed by atoms with van der Waals surface area (Å²) in [5.74, 6) is 0. The average Bonchev–Trinajstić information content (AvgIpc) is 2.70.